The molecule has 0 aromatic carbocycles. The van der Waals surface area contributed by atoms with E-state index >= 15 is 0 Å². The van der Waals surface area contributed by atoms with Crippen LogP contribution in [0.4, 0.5) is 5.82 Å². The van der Waals surface area contributed by atoms with Gasteiger partial charge in [0.2, 0.25) is 5.82 Å². The molecule has 1 amide bonds. The molecule has 0 saturated heterocycles. The number of nitrogens with zero attached hydrogens (tertiary/aromatic N) is 3. The molecular weight excluding hydrogens is 248 g/mol. The number of amides is 1. The standard InChI is InChI=1S/C11H14N6O2/c1-11(2,3)10-13-8(16-17-10)9(19)12-6-4-5-7(18)15-14-6/h4-5H,1-3H3,(H,15,18)(H,12,14,19)(H,13,16,17). The van der Waals surface area contributed by atoms with Gasteiger partial charge in [0.1, 0.15) is 5.82 Å². The van der Waals surface area contributed by atoms with Crippen LogP contribution in [0.5, 0.6) is 0 Å². The SMILES string of the molecule is CC(C)(C)c1nc(C(=O)Nc2ccc(=O)[nH]n2)n[nH]1. The van der Waals surface area contributed by atoms with Crippen molar-refractivity contribution in [3.63, 3.8) is 0 Å². The van der Waals surface area contributed by atoms with Crippen molar-refractivity contribution in [2.45, 2.75) is 26.2 Å². The topological polar surface area (TPSA) is 116 Å². The van der Waals surface area contributed by atoms with E-state index in [-0.39, 0.29) is 22.6 Å². The summed E-state index contributed by atoms with van der Waals surface area (Å²) in [5.74, 6) is 0.378. The molecule has 2 aromatic heterocycles. The molecule has 2 heterocycles. The lowest BCUT2D eigenvalue weighted by atomic mass is 9.96. The number of rotatable bonds is 2. The van der Waals surface area contributed by atoms with E-state index in [0.717, 1.165) is 0 Å². The number of H-pyrrole nitrogens is 2. The zero-order valence-corrected chi connectivity index (χ0v) is 10.8. The van der Waals surface area contributed by atoms with Crippen LogP contribution < -0.4 is 10.9 Å². The molecule has 0 spiro atoms. The largest absolute Gasteiger partial charge is 0.302 e. The second kappa shape index (κ2) is 4.63. The molecule has 100 valence electrons. The minimum Gasteiger partial charge on any atom is -0.302 e. The highest BCUT2D eigenvalue weighted by Gasteiger charge is 2.21. The smallest absolute Gasteiger partial charge is 0.296 e. The summed E-state index contributed by atoms with van der Waals surface area (Å²) in [7, 11) is 0. The van der Waals surface area contributed by atoms with Crippen molar-refractivity contribution in [1.82, 2.24) is 25.4 Å². The maximum atomic E-state index is 11.9. The highest BCUT2D eigenvalue weighted by Crippen LogP contribution is 2.17. The highest BCUT2D eigenvalue weighted by molar-refractivity contribution is 6.00. The minimum absolute atomic E-state index is 0.0259. The van der Waals surface area contributed by atoms with Crippen molar-refractivity contribution in [2.24, 2.45) is 0 Å². The Morgan fingerprint density at radius 3 is 2.47 bits per heavy atom. The molecule has 0 atom stereocenters. The monoisotopic (exact) mass is 262 g/mol. The lowest BCUT2D eigenvalue weighted by Crippen LogP contribution is -2.18. The van der Waals surface area contributed by atoms with Gasteiger partial charge in [0.15, 0.2) is 5.82 Å². The molecule has 2 aromatic rings. The average molecular weight is 262 g/mol. The van der Waals surface area contributed by atoms with Crippen LogP contribution in [0, 0.1) is 0 Å². The summed E-state index contributed by atoms with van der Waals surface area (Å²) >= 11 is 0. The lowest BCUT2D eigenvalue weighted by Gasteiger charge is -2.12. The van der Waals surface area contributed by atoms with E-state index in [9.17, 15) is 9.59 Å². The molecule has 0 saturated carbocycles. The molecule has 0 aliphatic carbocycles. The Balaban J connectivity index is 2.14. The summed E-state index contributed by atoms with van der Waals surface area (Å²) in [6, 6.07) is 2.66. The molecule has 0 radical (unpaired) electrons. The summed E-state index contributed by atoms with van der Waals surface area (Å²) in [6.45, 7) is 5.87. The van der Waals surface area contributed by atoms with Gasteiger partial charge in [-0.2, -0.15) is 5.10 Å². The second-order valence-electron chi connectivity index (χ2n) is 5.02. The second-order valence-corrected chi connectivity index (χ2v) is 5.02. The maximum Gasteiger partial charge on any atom is 0.296 e. The van der Waals surface area contributed by atoms with Crippen LogP contribution in [0.15, 0.2) is 16.9 Å². The van der Waals surface area contributed by atoms with Gasteiger partial charge < -0.3 is 5.32 Å². The van der Waals surface area contributed by atoms with E-state index in [1.807, 2.05) is 20.8 Å². The molecule has 8 heteroatoms. The Bertz CT molecular complexity index is 631. The highest BCUT2D eigenvalue weighted by atomic mass is 16.2. The number of hydrogen-bond donors (Lipinski definition) is 3. The van der Waals surface area contributed by atoms with Crippen LogP contribution in [0.3, 0.4) is 0 Å². The van der Waals surface area contributed by atoms with Crippen LogP contribution in [0.25, 0.3) is 0 Å². The van der Waals surface area contributed by atoms with Gasteiger partial charge in [0.05, 0.1) is 0 Å². The minimum atomic E-state index is -0.494. The third kappa shape index (κ3) is 3.03. The van der Waals surface area contributed by atoms with Gasteiger partial charge in [-0.25, -0.2) is 10.1 Å². The number of aromatic amines is 2. The third-order valence-corrected chi connectivity index (χ3v) is 2.32. The molecule has 0 unspecified atom stereocenters. The quantitative estimate of drug-likeness (QED) is 0.726. The first-order valence-electron chi connectivity index (χ1n) is 5.66. The molecule has 0 bridgehead atoms. The van der Waals surface area contributed by atoms with Crippen molar-refractivity contribution in [3.05, 3.63) is 34.1 Å². The van der Waals surface area contributed by atoms with Gasteiger partial charge in [-0.05, 0) is 6.07 Å². The van der Waals surface area contributed by atoms with Crippen molar-refractivity contribution in [1.29, 1.82) is 0 Å². The number of nitrogens with one attached hydrogen (secondary N) is 3. The van der Waals surface area contributed by atoms with Crippen LogP contribution in [-0.4, -0.2) is 31.3 Å². The van der Waals surface area contributed by atoms with Crippen molar-refractivity contribution >= 4 is 11.7 Å². The average Bonchev–Trinajstić information content (AvgIpc) is 2.81. The Hall–Kier alpha value is -2.51. The maximum absolute atomic E-state index is 11.9. The zero-order valence-electron chi connectivity index (χ0n) is 10.8. The summed E-state index contributed by atoms with van der Waals surface area (Å²) in [5.41, 5.74) is -0.562. The van der Waals surface area contributed by atoms with E-state index in [2.05, 4.69) is 30.7 Å². The van der Waals surface area contributed by atoms with Gasteiger partial charge in [-0.15, -0.1) is 5.10 Å². The summed E-state index contributed by atoms with van der Waals surface area (Å²) in [5, 5.41) is 14.9. The molecule has 2 rings (SSSR count). The Morgan fingerprint density at radius 1 is 1.21 bits per heavy atom. The molecule has 19 heavy (non-hydrogen) atoms. The number of aromatic nitrogens is 5. The molecule has 0 aliphatic heterocycles. The van der Waals surface area contributed by atoms with Gasteiger partial charge in [-0.3, -0.25) is 14.7 Å². The first kappa shape index (κ1) is 12.9. The molecule has 0 fully saturated rings. The molecular formula is C11H14N6O2. The zero-order chi connectivity index (χ0) is 14.0. The first-order valence-corrected chi connectivity index (χ1v) is 5.66. The lowest BCUT2D eigenvalue weighted by molar-refractivity contribution is 0.101. The normalized spacial score (nSPS) is 11.3. The number of anilines is 1. The Labute approximate surface area is 108 Å². The van der Waals surface area contributed by atoms with Crippen molar-refractivity contribution < 1.29 is 4.79 Å². The van der Waals surface area contributed by atoms with Crippen molar-refractivity contribution in [3.8, 4) is 0 Å². The van der Waals surface area contributed by atoms with Gasteiger partial charge in [0, 0.05) is 11.5 Å². The molecule has 3 N–H and O–H groups in total. The van der Waals surface area contributed by atoms with Crippen LogP contribution in [0.2, 0.25) is 0 Å². The summed E-state index contributed by atoms with van der Waals surface area (Å²) in [4.78, 5) is 26.8. The van der Waals surface area contributed by atoms with E-state index in [1.54, 1.807) is 0 Å². The third-order valence-electron chi connectivity index (χ3n) is 2.32. The number of carbonyl (C=O) groups is 1. The summed E-state index contributed by atoms with van der Waals surface area (Å²) < 4.78 is 0. The Kier molecular flexibility index (Phi) is 3.16. The van der Waals surface area contributed by atoms with Gasteiger partial charge >= 0.3 is 0 Å². The fraction of sp³-hybridized carbons (Fsp3) is 0.364. The van der Waals surface area contributed by atoms with E-state index < -0.39 is 5.91 Å². The molecule has 0 aliphatic rings. The first-order chi connectivity index (χ1) is 8.86. The van der Waals surface area contributed by atoms with Crippen molar-refractivity contribution in [2.75, 3.05) is 5.32 Å². The van der Waals surface area contributed by atoms with Crippen LogP contribution >= 0.6 is 0 Å². The molecule has 8 nitrogen and oxygen atoms in total. The van der Waals surface area contributed by atoms with Crippen LogP contribution in [0.1, 0.15) is 37.2 Å². The number of carbonyl (C=O) groups excluding carboxylic acids is 1. The predicted molar refractivity (Wildman–Crippen MR) is 67.9 cm³/mol. The van der Waals surface area contributed by atoms with E-state index in [1.165, 1.54) is 12.1 Å². The fourth-order valence-corrected chi connectivity index (χ4v) is 1.29. The van der Waals surface area contributed by atoms with Crippen LogP contribution in [-0.2, 0) is 5.41 Å². The van der Waals surface area contributed by atoms with E-state index in [0.29, 0.717) is 5.82 Å². The van der Waals surface area contributed by atoms with Gasteiger partial charge in [-0.1, -0.05) is 20.8 Å². The Morgan fingerprint density at radius 2 is 1.95 bits per heavy atom. The predicted octanol–water partition coefficient (Wildman–Crippen LogP) is 0.438. The van der Waals surface area contributed by atoms with Gasteiger partial charge in [0.25, 0.3) is 11.5 Å². The fourth-order valence-electron chi connectivity index (χ4n) is 1.29. The van der Waals surface area contributed by atoms with E-state index in [4.69, 9.17) is 0 Å². The summed E-state index contributed by atoms with van der Waals surface area (Å²) in [6.07, 6.45) is 0. The number of hydrogen-bond acceptors (Lipinski definition) is 5.